The highest BCUT2D eigenvalue weighted by molar-refractivity contribution is 5.94. The van der Waals surface area contributed by atoms with Gasteiger partial charge in [-0.2, -0.15) is 0 Å². The van der Waals surface area contributed by atoms with Gasteiger partial charge < -0.3 is 19.4 Å². The molecule has 5 nitrogen and oxygen atoms in total. The largest absolute Gasteiger partial charge is 0.449 e. The van der Waals surface area contributed by atoms with Crippen molar-refractivity contribution in [3.63, 3.8) is 0 Å². The molecule has 1 heterocycles. The fourth-order valence-electron chi connectivity index (χ4n) is 5.52. The Labute approximate surface area is 220 Å². The van der Waals surface area contributed by atoms with Crippen LogP contribution in [-0.4, -0.2) is 53.2 Å². The average molecular weight is 494 g/mol. The SMILES string of the molecule is CN(C)C1=C(C2OC(=O)c3ccccc32)CC(c2ccc(N(C)C)cc2)(c2ccc(N(C)C)cc2)C=C1. The highest BCUT2D eigenvalue weighted by Gasteiger charge is 2.42. The van der Waals surface area contributed by atoms with Crippen LogP contribution in [0.1, 0.15) is 39.6 Å². The first kappa shape index (κ1) is 24.7. The van der Waals surface area contributed by atoms with Gasteiger partial charge in [-0.05, 0) is 59.5 Å². The number of carbonyl (C=O) groups excluding carboxylic acids is 1. The molecule has 0 bridgehead atoms. The van der Waals surface area contributed by atoms with Crippen LogP contribution in [0.3, 0.4) is 0 Å². The number of likely N-dealkylation sites (N-methyl/N-ethyl adjacent to an activating group) is 1. The third kappa shape index (κ3) is 4.29. The summed E-state index contributed by atoms with van der Waals surface area (Å²) in [6.07, 6.45) is 4.82. The van der Waals surface area contributed by atoms with Crippen LogP contribution in [0.15, 0.2) is 96.2 Å². The Morgan fingerprint density at radius 1 is 0.730 bits per heavy atom. The van der Waals surface area contributed by atoms with Crippen molar-refractivity contribution in [3.8, 4) is 0 Å². The molecule has 0 saturated heterocycles. The van der Waals surface area contributed by atoms with Crippen LogP contribution in [0.2, 0.25) is 0 Å². The minimum atomic E-state index is -0.410. The van der Waals surface area contributed by atoms with Crippen molar-refractivity contribution in [3.05, 3.63) is 118 Å². The number of rotatable bonds is 6. The maximum Gasteiger partial charge on any atom is 0.339 e. The van der Waals surface area contributed by atoms with Gasteiger partial charge in [-0.3, -0.25) is 0 Å². The third-order valence-corrected chi connectivity index (χ3v) is 7.61. The minimum Gasteiger partial charge on any atom is -0.449 e. The van der Waals surface area contributed by atoms with E-state index in [0.29, 0.717) is 12.0 Å². The van der Waals surface area contributed by atoms with Crippen molar-refractivity contribution >= 4 is 17.3 Å². The summed E-state index contributed by atoms with van der Waals surface area (Å²) in [4.78, 5) is 19.2. The van der Waals surface area contributed by atoms with Gasteiger partial charge in [0.2, 0.25) is 0 Å². The van der Waals surface area contributed by atoms with Crippen molar-refractivity contribution in [2.75, 3.05) is 52.1 Å². The van der Waals surface area contributed by atoms with Crippen molar-refractivity contribution in [1.29, 1.82) is 0 Å². The zero-order valence-electron chi connectivity index (χ0n) is 22.5. The smallest absolute Gasteiger partial charge is 0.339 e. The molecule has 1 aliphatic carbocycles. The van der Waals surface area contributed by atoms with Crippen molar-refractivity contribution in [2.24, 2.45) is 0 Å². The molecule has 0 N–H and O–H groups in total. The number of anilines is 2. The molecule has 1 atom stereocenters. The summed E-state index contributed by atoms with van der Waals surface area (Å²) in [5.74, 6) is -0.253. The third-order valence-electron chi connectivity index (χ3n) is 7.61. The standard InChI is InChI=1S/C32H35N3O2/c1-33(2)24-15-11-22(12-16-24)32(23-13-17-25(18-14-23)34(3)4)20-19-29(35(5)6)28(21-32)30-26-9-7-8-10-27(26)31(36)37-30/h7-20,30H,21H2,1-6H3. The molecule has 2 aliphatic rings. The maximum absolute atomic E-state index is 12.8. The van der Waals surface area contributed by atoms with Crippen LogP contribution in [0, 0.1) is 0 Å². The van der Waals surface area contributed by atoms with Gasteiger partial charge in [-0.15, -0.1) is 0 Å². The molecule has 3 aromatic rings. The Morgan fingerprint density at radius 2 is 1.27 bits per heavy atom. The van der Waals surface area contributed by atoms with E-state index in [1.807, 2.05) is 38.4 Å². The zero-order valence-corrected chi connectivity index (χ0v) is 22.5. The van der Waals surface area contributed by atoms with Crippen LogP contribution in [0.5, 0.6) is 0 Å². The molecule has 0 aromatic heterocycles. The van der Waals surface area contributed by atoms with Crippen LogP contribution in [-0.2, 0) is 10.2 Å². The van der Waals surface area contributed by atoms with Gasteiger partial charge in [-0.25, -0.2) is 4.79 Å². The van der Waals surface area contributed by atoms with Gasteiger partial charge in [0, 0.05) is 70.3 Å². The Morgan fingerprint density at radius 3 is 1.78 bits per heavy atom. The predicted molar refractivity (Wildman–Crippen MR) is 151 cm³/mol. The number of cyclic esters (lactones) is 1. The van der Waals surface area contributed by atoms with E-state index in [1.165, 1.54) is 11.1 Å². The van der Waals surface area contributed by atoms with E-state index in [1.54, 1.807) is 0 Å². The summed E-state index contributed by atoms with van der Waals surface area (Å²) in [5, 5.41) is 0. The van der Waals surface area contributed by atoms with E-state index in [0.717, 1.165) is 28.2 Å². The second kappa shape index (κ2) is 9.47. The maximum atomic E-state index is 12.8. The summed E-state index contributed by atoms with van der Waals surface area (Å²) >= 11 is 0. The highest BCUT2D eigenvalue weighted by Crippen LogP contribution is 2.49. The molecule has 5 heteroatoms. The molecule has 0 saturated carbocycles. The van der Waals surface area contributed by atoms with E-state index in [-0.39, 0.29) is 5.97 Å². The summed E-state index contributed by atoms with van der Waals surface area (Å²) < 4.78 is 6.05. The number of hydrogen-bond donors (Lipinski definition) is 0. The van der Waals surface area contributed by atoms with Crippen molar-refractivity contribution in [2.45, 2.75) is 17.9 Å². The molecular formula is C32H35N3O2. The van der Waals surface area contributed by atoms with Crippen LogP contribution >= 0.6 is 0 Å². The number of esters is 1. The lowest BCUT2D eigenvalue weighted by molar-refractivity contribution is 0.0437. The lowest BCUT2D eigenvalue weighted by Crippen LogP contribution is -2.32. The lowest BCUT2D eigenvalue weighted by Gasteiger charge is -2.39. The first-order valence-corrected chi connectivity index (χ1v) is 12.7. The number of fused-ring (bicyclic) bond motifs is 1. The highest BCUT2D eigenvalue weighted by atomic mass is 16.5. The van der Waals surface area contributed by atoms with Crippen LogP contribution < -0.4 is 9.80 Å². The molecule has 0 fully saturated rings. The molecular weight excluding hydrogens is 458 g/mol. The molecule has 190 valence electrons. The lowest BCUT2D eigenvalue weighted by atomic mass is 9.66. The Hall–Kier alpha value is -3.99. The molecule has 1 aliphatic heterocycles. The number of ether oxygens (including phenoxy) is 1. The summed E-state index contributed by atoms with van der Waals surface area (Å²) in [6, 6.07) is 25.4. The topological polar surface area (TPSA) is 36.0 Å². The Kier molecular flexibility index (Phi) is 6.32. The second-order valence-corrected chi connectivity index (χ2v) is 10.5. The van der Waals surface area contributed by atoms with Gasteiger partial charge in [0.05, 0.1) is 5.56 Å². The normalized spacial score (nSPS) is 17.9. The average Bonchev–Trinajstić information content (AvgIpc) is 3.24. The van der Waals surface area contributed by atoms with Crippen molar-refractivity contribution in [1.82, 2.24) is 4.90 Å². The van der Waals surface area contributed by atoms with Gasteiger partial charge in [0.1, 0.15) is 0 Å². The van der Waals surface area contributed by atoms with Gasteiger partial charge in [-0.1, -0.05) is 48.5 Å². The number of nitrogens with zero attached hydrogens (tertiary/aromatic N) is 3. The van der Waals surface area contributed by atoms with Crippen molar-refractivity contribution < 1.29 is 9.53 Å². The van der Waals surface area contributed by atoms with Gasteiger partial charge in [0.25, 0.3) is 0 Å². The molecule has 37 heavy (non-hydrogen) atoms. The van der Waals surface area contributed by atoms with Gasteiger partial charge in [0.15, 0.2) is 6.10 Å². The quantitative estimate of drug-likeness (QED) is 0.406. The number of allylic oxidation sites excluding steroid dienone is 2. The number of carbonyl (C=O) groups is 1. The summed E-state index contributed by atoms with van der Waals surface area (Å²) in [7, 11) is 12.3. The number of benzene rings is 3. The van der Waals surface area contributed by atoms with E-state index >= 15 is 0 Å². The van der Waals surface area contributed by atoms with E-state index in [9.17, 15) is 4.79 Å². The fourth-order valence-corrected chi connectivity index (χ4v) is 5.52. The second-order valence-electron chi connectivity index (χ2n) is 10.5. The molecule has 0 spiro atoms. The van der Waals surface area contributed by atoms with Crippen LogP contribution in [0.25, 0.3) is 0 Å². The zero-order chi connectivity index (χ0) is 26.3. The van der Waals surface area contributed by atoms with E-state index in [4.69, 9.17) is 4.74 Å². The Balaban J connectivity index is 1.67. The molecule has 3 aromatic carbocycles. The molecule has 1 unspecified atom stereocenters. The first-order chi connectivity index (χ1) is 17.7. The Bertz CT molecular complexity index is 1310. The summed E-state index contributed by atoms with van der Waals surface area (Å²) in [6.45, 7) is 0. The fraction of sp³-hybridized carbons (Fsp3) is 0.281. The minimum absolute atomic E-state index is 0.253. The first-order valence-electron chi connectivity index (χ1n) is 12.7. The van der Waals surface area contributed by atoms with E-state index in [2.05, 4.69) is 104 Å². The van der Waals surface area contributed by atoms with Gasteiger partial charge >= 0.3 is 5.97 Å². The molecule has 5 rings (SSSR count). The van der Waals surface area contributed by atoms with Crippen LogP contribution in [0.4, 0.5) is 11.4 Å². The summed E-state index contributed by atoms with van der Waals surface area (Å²) in [5.41, 5.74) is 8.11. The monoisotopic (exact) mass is 493 g/mol. The number of hydrogen-bond acceptors (Lipinski definition) is 5. The predicted octanol–water partition coefficient (Wildman–Crippen LogP) is 5.79. The molecule has 0 amide bonds. The molecule has 0 radical (unpaired) electrons. The van der Waals surface area contributed by atoms with E-state index < -0.39 is 11.5 Å².